The molecule has 4 heterocycles. The number of carbonyl (C=O) groups is 1. The van der Waals surface area contributed by atoms with E-state index in [0.29, 0.717) is 22.3 Å². The van der Waals surface area contributed by atoms with Crippen LogP contribution in [0.1, 0.15) is 82.4 Å². The second kappa shape index (κ2) is 11.1. The fourth-order valence-corrected chi connectivity index (χ4v) is 8.35. The number of aryl methyl sites for hydroxylation is 1. The lowest BCUT2D eigenvalue weighted by molar-refractivity contribution is 0.0941. The number of anilines is 1. The van der Waals surface area contributed by atoms with Gasteiger partial charge in [-0.1, -0.05) is 36.1 Å². The van der Waals surface area contributed by atoms with Crippen molar-refractivity contribution in [2.24, 2.45) is 7.05 Å². The molecule has 6 aromatic rings. The monoisotopic (exact) mass is 685 g/mol. The van der Waals surface area contributed by atoms with Gasteiger partial charge in [-0.15, -0.1) is 5.10 Å². The van der Waals surface area contributed by atoms with Crippen molar-refractivity contribution in [2.45, 2.75) is 50.1 Å². The predicted octanol–water partition coefficient (Wildman–Crippen LogP) is 3.65. The minimum absolute atomic E-state index is 0.0256. The number of rotatable bonds is 8. The first-order valence-electron chi connectivity index (χ1n) is 16.4. The van der Waals surface area contributed by atoms with E-state index in [9.17, 15) is 18.0 Å². The Kier molecular flexibility index (Phi) is 6.74. The van der Waals surface area contributed by atoms with Gasteiger partial charge in [-0.3, -0.25) is 23.6 Å². The quantitative estimate of drug-likeness (QED) is 0.207. The molecule has 2 fully saturated rings. The van der Waals surface area contributed by atoms with Gasteiger partial charge in [0.25, 0.3) is 11.5 Å². The smallest absolute Gasteiger partial charge is 0.300 e. The molecule has 9 rings (SSSR count). The van der Waals surface area contributed by atoms with Crippen molar-refractivity contribution in [3.63, 3.8) is 0 Å². The van der Waals surface area contributed by atoms with E-state index in [1.165, 1.54) is 10.7 Å². The molecule has 3 atom stereocenters. The molecule has 13 nitrogen and oxygen atoms in total. The van der Waals surface area contributed by atoms with E-state index in [2.05, 4.69) is 47.8 Å². The van der Waals surface area contributed by atoms with Crippen LogP contribution < -0.4 is 20.3 Å². The topological polar surface area (TPSA) is 157 Å². The number of nitrogens with one attached hydrogen (secondary N) is 3. The average molecular weight is 686 g/mol. The average Bonchev–Trinajstić information content (AvgIpc) is 3.97. The Labute approximate surface area is 286 Å². The molecule has 0 aliphatic heterocycles. The van der Waals surface area contributed by atoms with Gasteiger partial charge in [0.05, 0.1) is 28.9 Å². The lowest BCUT2D eigenvalue weighted by Crippen LogP contribution is -2.35. The van der Waals surface area contributed by atoms with E-state index in [1.54, 1.807) is 27.7 Å². The predicted molar refractivity (Wildman–Crippen MR) is 186 cm³/mol. The van der Waals surface area contributed by atoms with Gasteiger partial charge < -0.3 is 5.32 Å². The third-order valence-electron chi connectivity index (χ3n) is 9.57. The van der Waals surface area contributed by atoms with E-state index >= 15 is 0 Å². The molecule has 50 heavy (non-hydrogen) atoms. The first-order valence-corrected chi connectivity index (χ1v) is 17.9. The van der Waals surface area contributed by atoms with Crippen molar-refractivity contribution in [3.05, 3.63) is 117 Å². The summed E-state index contributed by atoms with van der Waals surface area (Å²) in [5.74, 6) is 6.14. The Bertz CT molecular complexity index is 2630. The first kappa shape index (κ1) is 30.3. The van der Waals surface area contributed by atoms with Crippen LogP contribution in [-0.2, 0) is 17.3 Å². The fraction of sp³-hybridized carbons (Fsp3) is 0.250. The van der Waals surface area contributed by atoms with Gasteiger partial charge in [0.15, 0.2) is 11.5 Å². The van der Waals surface area contributed by atoms with Gasteiger partial charge in [0.2, 0.25) is 0 Å². The SMILES string of the molecule is CC(NC(=O)c1c(NS(=O)(=O)NC2CC2)nn2cccnc12)c1c2c3c(ccc(C#Cc4cnn(C)c4)c3c(=O)n1-c1ccccc1)[C@@H]1C[C@H]21. The number of para-hydroxylation sites is 1. The Balaban J connectivity index is 1.18. The molecule has 3 N–H and O–H groups in total. The lowest BCUT2D eigenvalue weighted by Gasteiger charge is -2.25. The molecule has 2 aromatic carbocycles. The van der Waals surface area contributed by atoms with Crippen LogP contribution in [0.25, 0.3) is 22.1 Å². The van der Waals surface area contributed by atoms with Crippen molar-refractivity contribution in [1.82, 2.24) is 39.0 Å². The second-order valence-corrected chi connectivity index (χ2v) is 14.6. The zero-order chi connectivity index (χ0) is 34.3. The van der Waals surface area contributed by atoms with Crippen LogP contribution in [0.4, 0.5) is 5.82 Å². The summed E-state index contributed by atoms with van der Waals surface area (Å²) in [7, 11) is -2.18. The van der Waals surface area contributed by atoms with Crippen molar-refractivity contribution >= 4 is 38.4 Å². The highest BCUT2D eigenvalue weighted by molar-refractivity contribution is 7.90. The highest BCUT2D eigenvalue weighted by Gasteiger charge is 2.50. The zero-order valence-corrected chi connectivity index (χ0v) is 27.9. The Hall–Kier alpha value is -5.78. The molecular weight excluding hydrogens is 655 g/mol. The molecule has 1 amide bonds. The summed E-state index contributed by atoms with van der Waals surface area (Å²) >= 11 is 0. The largest absolute Gasteiger partial charge is 0.344 e. The van der Waals surface area contributed by atoms with Gasteiger partial charge in [0, 0.05) is 42.9 Å². The van der Waals surface area contributed by atoms with Crippen LogP contribution in [0.5, 0.6) is 0 Å². The summed E-state index contributed by atoms with van der Waals surface area (Å²) in [5.41, 5.74) is 4.77. The van der Waals surface area contributed by atoms with E-state index in [4.69, 9.17) is 0 Å². The number of aromatic nitrogens is 6. The number of carbonyl (C=O) groups excluding carboxylic acids is 1. The number of hydrogen-bond acceptors (Lipinski definition) is 7. The summed E-state index contributed by atoms with van der Waals surface area (Å²) in [6.07, 6.45) is 9.06. The van der Waals surface area contributed by atoms with Crippen LogP contribution in [0.2, 0.25) is 0 Å². The normalized spacial score (nSPS) is 18.0. The molecule has 4 aromatic heterocycles. The number of nitrogens with zero attached hydrogens (tertiary/aromatic N) is 6. The molecule has 2 saturated carbocycles. The number of amides is 1. The van der Waals surface area contributed by atoms with Crippen LogP contribution in [-0.4, -0.2) is 49.3 Å². The van der Waals surface area contributed by atoms with E-state index in [-0.39, 0.29) is 40.5 Å². The van der Waals surface area contributed by atoms with Crippen LogP contribution in [0, 0.1) is 11.8 Å². The summed E-state index contributed by atoms with van der Waals surface area (Å²) in [6, 6.07) is 14.2. The minimum Gasteiger partial charge on any atom is -0.344 e. The molecular formula is C36H31N9O4S. The zero-order valence-electron chi connectivity index (χ0n) is 27.1. The van der Waals surface area contributed by atoms with Crippen molar-refractivity contribution in [3.8, 4) is 17.5 Å². The molecule has 0 bridgehead atoms. The Morgan fingerprint density at radius 1 is 1.04 bits per heavy atom. The van der Waals surface area contributed by atoms with Gasteiger partial charge in [-0.2, -0.15) is 18.2 Å². The first-order chi connectivity index (χ1) is 24.2. The highest BCUT2D eigenvalue weighted by atomic mass is 32.2. The maximum atomic E-state index is 14.8. The summed E-state index contributed by atoms with van der Waals surface area (Å²) in [4.78, 5) is 33.4. The lowest BCUT2D eigenvalue weighted by atomic mass is 9.94. The molecule has 3 aliphatic rings. The maximum Gasteiger partial charge on any atom is 0.300 e. The fourth-order valence-electron chi connectivity index (χ4n) is 7.21. The molecule has 250 valence electrons. The van der Waals surface area contributed by atoms with Gasteiger partial charge >= 0.3 is 10.2 Å². The van der Waals surface area contributed by atoms with E-state index < -0.39 is 22.2 Å². The van der Waals surface area contributed by atoms with E-state index in [1.807, 2.05) is 56.6 Å². The molecule has 0 radical (unpaired) electrons. The number of hydrogen-bond donors (Lipinski definition) is 3. The van der Waals surface area contributed by atoms with Gasteiger partial charge in [0.1, 0.15) is 5.56 Å². The Morgan fingerprint density at radius 3 is 2.62 bits per heavy atom. The third kappa shape index (κ3) is 5.05. The Morgan fingerprint density at radius 2 is 1.86 bits per heavy atom. The second-order valence-electron chi connectivity index (χ2n) is 13.1. The third-order valence-corrected chi connectivity index (χ3v) is 10.7. The molecule has 1 unspecified atom stereocenters. The van der Waals surface area contributed by atoms with Crippen LogP contribution >= 0.6 is 0 Å². The summed E-state index contributed by atoms with van der Waals surface area (Å²) < 4.78 is 35.6. The summed E-state index contributed by atoms with van der Waals surface area (Å²) in [5, 5.41) is 13.1. The van der Waals surface area contributed by atoms with Crippen LogP contribution in [0.15, 0.2) is 78.1 Å². The minimum atomic E-state index is -4.00. The number of benzene rings is 2. The molecule has 0 saturated heterocycles. The van der Waals surface area contributed by atoms with Crippen LogP contribution in [0.3, 0.4) is 0 Å². The standard InChI is InChI=1S/C36H31N9O4S/c1-20(39-35(46)31-33(40-44-16-6-15-37-34(31)44)42-50(48,49)41-23-12-13-23)32-30-27-17-26(27)25-14-11-22(10-9-21-18-38-43(2)19-21)28(29(25)30)36(47)45(32)24-7-4-3-5-8-24/h3-8,11,14-16,18-20,23,26-27,41H,12-13,17H2,1-2H3,(H,39,46)(H,40,42)/t20?,26-,27-/m0/s1. The van der Waals surface area contributed by atoms with Crippen molar-refractivity contribution in [1.29, 1.82) is 0 Å². The molecule has 14 heteroatoms. The van der Waals surface area contributed by atoms with Crippen molar-refractivity contribution < 1.29 is 13.2 Å². The summed E-state index contributed by atoms with van der Waals surface area (Å²) in [6.45, 7) is 1.84. The number of fused-ring (bicyclic) bond motifs is 4. The highest BCUT2D eigenvalue weighted by Crippen LogP contribution is 2.64. The van der Waals surface area contributed by atoms with Gasteiger partial charge in [-0.25, -0.2) is 9.50 Å². The van der Waals surface area contributed by atoms with Gasteiger partial charge in [-0.05, 0) is 78.8 Å². The van der Waals surface area contributed by atoms with E-state index in [0.717, 1.165) is 41.3 Å². The molecule has 0 spiro atoms. The van der Waals surface area contributed by atoms with Crippen molar-refractivity contribution in [2.75, 3.05) is 4.72 Å². The maximum absolute atomic E-state index is 14.8. The molecule has 3 aliphatic carbocycles. The number of pyridine rings is 1.